The number of amides is 2. The van der Waals surface area contributed by atoms with Crippen LogP contribution < -0.4 is 21.5 Å². The molecule has 5 N–H and O–H groups in total. The van der Waals surface area contributed by atoms with Crippen LogP contribution in [0.2, 0.25) is 0 Å². The number of ether oxygens (including phenoxy) is 2. The normalized spacial score (nSPS) is 9.70. The minimum Gasteiger partial charge on any atom is -0.482 e. The monoisotopic (exact) mass is 281 g/mol. The first kappa shape index (κ1) is 15.4. The summed E-state index contributed by atoms with van der Waals surface area (Å²) in [4.78, 5) is 33.4. The van der Waals surface area contributed by atoms with Gasteiger partial charge in [-0.3, -0.25) is 9.59 Å². The van der Waals surface area contributed by atoms with Crippen molar-refractivity contribution >= 4 is 23.5 Å². The molecule has 1 aromatic carbocycles. The lowest BCUT2D eigenvalue weighted by molar-refractivity contribution is -0.120. The molecule has 0 saturated heterocycles. The van der Waals surface area contributed by atoms with Gasteiger partial charge in [-0.25, -0.2) is 4.79 Å². The number of nitrogens with two attached hydrogens (primary N) is 2. The van der Waals surface area contributed by atoms with E-state index in [1.807, 2.05) is 0 Å². The first-order valence-electron chi connectivity index (χ1n) is 5.61. The van der Waals surface area contributed by atoms with E-state index in [0.717, 1.165) is 0 Å². The van der Waals surface area contributed by atoms with Gasteiger partial charge in [0.15, 0.2) is 6.61 Å². The number of anilines is 1. The molecule has 0 aliphatic carbocycles. The Bertz CT molecular complexity index is 530. The third-order valence-corrected chi connectivity index (χ3v) is 2.23. The number of carbonyl (C=O) groups is 3. The van der Waals surface area contributed by atoms with Crippen LogP contribution in [0.15, 0.2) is 18.2 Å². The Balaban J connectivity index is 3.05. The number of primary amides is 1. The molecule has 0 saturated carbocycles. The zero-order chi connectivity index (χ0) is 15.1. The van der Waals surface area contributed by atoms with Crippen LogP contribution in [0.3, 0.4) is 0 Å². The molecular formula is C12H15N3O5. The predicted molar refractivity (Wildman–Crippen MR) is 70.2 cm³/mol. The second kappa shape index (κ2) is 7.10. The summed E-state index contributed by atoms with van der Waals surface area (Å²) in [6.45, 7) is -0.607. The van der Waals surface area contributed by atoms with Crippen LogP contribution in [0.5, 0.6) is 5.75 Å². The van der Waals surface area contributed by atoms with E-state index < -0.39 is 24.4 Å². The Morgan fingerprint density at radius 2 is 2.00 bits per heavy atom. The van der Waals surface area contributed by atoms with E-state index in [0.29, 0.717) is 0 Å². The highest BCUT2D eigenvalue weighted by atomic mass is 16.5. The summed E-state index contributed by atoms with van der Waals surface area (Å²) in [6.07, 6.45) is 0. The average molecular weight is 281 g/mol. The fraction of sp³-hybridized carbons (Fsp3) is 0.250. The number of methoxy groups -OCH3 is 1. The summed E-state index contributed by atoms with van der Waals surface area (Å²) < 4.78 is 9.71. The molecule has 0 atom stereocenters. The van der Waals surface area contributed by atoms with Crippen molar-refractivity contribution < 1.29 is 23.9 Å². The standard InChI is InChI=1S/C12H15N3O5/c1-19-12(18)7-2-3-8(15-11(17)5-13)9(4-7)20-6-10(14)16/h2-4H,5-6,13H2,1H3,(H2,14,16)(H,15,17). The lowest BCUT2D eigenvalue weighted by Gasteiger charge is -2.12. The zero-order valence-corrected chi connectivity index (χ0v) is 10.8. The van der Waals surface area contributed by atoms with Crippen molar-refractivity contribution in [1.82, 2.24) is 0 Å². The quantitative estimate of drug-likeness (QED) is 0.586. The van der Waals surface area contributed by atoms with Crippen LogP contribution in [-0.2, 0) is 14.3 Å². The van der Waals surface area contributed by atoms with E-state index in [4.69, 9.17) is 16.2 Å². The molecule has 0 spiro atoms. The zero-order valence-electron chi connectivity index (χ0n) is 10.8. The van der Waals surface area contributed by atoms with Crippen molar-refractivity contribution in [3.05, 3.63) is 23.8 Å². The van der Waals surface area contributed by atoms with E-state index >= 15 is 0 Å². The minimum atomic E-state index is -0.690. The highest BCUT2D eigenvalue weighted by Crippen LogP contribution is 2.26. The van der Waals surface area contributed by atoms with Crippen molar-refractivity contribution in [1.29, 1.82) is 0 Å². The molecule has 0 aliphatic heterocycles. The molecule has 0 fully saturated rings. The Morgan fingerprint density at radius 3 is 2.55 bits per heavy atom. The van der Waals surface area contributed by atoms with Crippen LogP contribution in [0.1, 0.15) is 10.4 Å². The molecule has 1 aromatic rings. The number of carbonyl (C=O) groups excluding carboxylic acids is 3. The number of esters is 1. The second-order valence-electron chi connectivity index (χ2n) is 3.71. The Labute approximate surface area is 115 Å². The third-order valence-electron chi connectivity index (χ3n) is 2.23. The fourth-order valence-corrected chi connectivity index (χ4v) is 1.34. The van der Waals surface area contributed by atoms with E-state index in [1.165, 1.54) is 25.3 Å². The maximum absolute atomic E-state index is 11.4. The first-order valence-corrected chi connectivity index (χ1v) is 5.61. The summed E-state index contributed by atoms with van der Waals surface area (Å²) in [5.74, 6) is -1.59. The summed E-state index contributed by atoms with van der Waals surface area (Å²) in [7, 11) is 1.23. The van der Waals surface area contributed by atoms with Crippen LogP contribution in [-0.4, -0.2) is 38.0 Å². The third kappa shape index (κ3) is 4.25. The van der Waals surface area contributed by atoms with Gasteiger partial charge in [-0.15, -0.1) is 0 Å². The van der Waals surface area contributed by atoms with Gasteiger partial charge in [-0.1, -0.05) is 0 Å². The Hall–Kier alpha value is -2.61. The van der Waals surface area contributed by atoms with Gasteiger partial charge in [0.05, 0.1) is 24.9 Å². The molecule has 2 amide bonds. The number of nitrogens with one attached hydrogen (secondary N) is 1. The molecule has 20 heavy (non-hydrogen) atoms. The topological polar surface area (TPSA) is 134 Å². The van der Waals surface area contributed by atoms with E-state index in [9.17, 15) is 14.4 Å². The molecule has 0 aromatic heterocycles. The number of hydrogen-bond donors (Lipinski definition) is 3. The summed E-state index contributed by atoms with van der Waals surface area (Å²) in [5.41, 5.74) is 10.6. The largest absolute Gasteiger partial charge is 0.482 e. The second-order valence-corrected chi connectivity index (χ2v) is 3.71. The van der Waals surface area contributed by atoms with E-state index in [-0.39, 0.29) is 23.5 Å². The van der Waals surface area contributed by atoms with E-state index in [1.54, 1.807) is 0 Å². The van der Waals surface area contributed by atoms with Gasteiger partial charge >= 0.3 is 5.97 Å². The van der Waals surface area contributed by atoms with Crippen molar-refractivity contribution in [3.63, 3.8) is 0 Å². The van der Waals surface area contributed by atoms with Gasteiger partial charge in [-0.2, -0.15) is 0 Å². The molecule has 108 valence electrons. The molecule has 0 heterocycles. The van der Waals surface area contributed by atoms with Crippen molar-refractivity contribution in [2.75, 3.05) is 25.6 Å². The first-order chi connectivity index (χ1) is 9.47. The molecule has 0 bridgehead atoms. The van der Waals surface area contributed by atoms with Gasteiger partial charge < -0.3 is 26.3 Å². The predicted octanol–water partition coefficient (Wildman–Crippen LogP) is -0.765. The molecule has 8 heteroatoms. The fourth-order valence-electron chi connectivity index (χ4n) is 1.34. The van der Waals surface area contributed by atoms with Crippen LogP contribution in [0.25, 0.3) is 0 Å². The van der Waals surface area contributed by atoms with Crippen LogP contribution >= 0.6 is 0 Å². The van der Waals surface area contributed by atoms with Gasteiger partial charge in [0.25, 0.3) is 5.91 Å². The van der Waals surface area contributed by atoms with E-state index in [2.05, 4.69) is 10.1 Å². The van der Waals surface area contributed by atoms with Crippen molar-refractivity contribution in [2.24, 2.45) is 11.5 Å². The number of hydrogen-bond acceptors (Lipinski definition) is 6. The smallest absolute Gasteiger partial charge is 0.337 e. The Morgan fingerprint density at radius 1 is 1.30 bits per heavy atom. The Kier molecular flexibility index (Phi) is 5.48. The van der Waals surface area contributed by atoms with Crippen LogP contribution in [0, 0.1) is 0 Å². The lowest BCUT2D eigenvalue weighted by atomic mass is 10.2. The summed E-state index contributed by atoms with van der Waals surface area (Å²) in [5, 5.41) is 2.47. The molecular weight excluding hydrogens is 266 g/mol. The van der Waals surface area contributed by atoms with Gasteiger partial charge in [0.1, 0.15) is 5.75 Å². The molecule has 0 radical (unpaired) electrons. The summed E-state index contributed by atoms with van der Waals surface area (Å²) >= 11 is 0. The molecule has 8 nitrogen and oxygen atoms in total. The molecule has 1 rings (SSSR count). The maximum atomic E-state index is 11.4. The highest BCUT2D eigenvalue weighted by Gasteiger charge is 2.13. The highest BCUT2D eigenvalue weighted by molar-refractivity contribution is 5.95. The lowest BCUT2D eigenvalue weighted by Crippen LogP contribution is -2.24. The average Bonchev–Trinajstić information content (AvgIpc) is 2.44. The van der Waals surface area contributed by atoms with Gasteiger partial charge in [-0.05, 0) is 18.2 Å². The summed E-state index contributed by atoms with van der Waals surface area (Å²) in [6, 6.07) is 4.21. The maximum Gasteiger partial charge on any atom is 0.337 e. The van der Waals surface area contributed by atoms with Gasteiger partial charge in [0.2, 0.25) is 5.91 Å². The number of rotatable bonds is 6. The van der Waals surface area contributed by atoms with Gasteiger partial charge in [0, 0.05) is 0 Å². The van der Waals surface area contributed by atoms with Crippen LogP contribution in [0.4, 0.5) is 5.69 Å². The molecule has 0 aliphatic rings. The SMILES string of the molecule is COC(=O)c1ccc(NC(=O)CN)c(OCC(N)=O)c1. The minimum absolute atomic E-state index is 0.119. The van der Waals surface area contributed by atoms with Crippen molar-refractivity contribution in [2.45, 2.75) is 0 Å². The number of benzene rings is 1. The van der Waals surface area contributed by atoms with Crippen molar-refractivity contribution in [3.8, 4) is 5.75 Å². The molecule has 0 unspecified atom stereocenters.